The summed E-state index contributed by atoms with van der Waals surface area (Å²) in [6.07, 6.45) is 1.74. The van der Waals surface area contributed by atoms with Crippen molar-refractivity contribution in [1.29, 1.82) is 0 Å². The average Bonchev–Trinajstić information content (AvgIpc) is 2.40. The molecule has 0 unspecified atom stereocenters. The highest BCUT2D eigenvalue weighted by Gasteiger charge is 2.11. The summed E-state index contributed by atoms with van der Waals surface area (Å²) in [5, 5.41) is 0. The van der Waals surface area contributed by atoms with Crippen molar-refractivity contribution < 1.29 is 4.79 Å². The van der Waals surface area contributed by atoms with Crippen LogP contribution in [0.4, 0.5) is 0 Å². The van der Waals surface area contributed by atoms with Gasteiger partial charge < -0.3 is 4.90 Å². The molecule has 0 aliphatic rings. The Kier molecular flexibility index (Phi) is 3.72. The molecular formula is C15H16N2O. The third-order valence-electron chi connectivity index (χ3n) is 2.77. The SMILES string of the molecule is Cc1ccc(C(=O)N(C)Cc2ccccn2)cc1. The second-order valence-corrected chi connectivity index (χ2v) is 4.35. The molecule has 0 spiro atoms. The van der Waals surface area contributed by atoms with Crippen LogP contribution < -0.4 is 0 Å². The number of carbonyl (C=O) groups is 1. The molecule has 2 aromatic rings. The van der Waals surface area contributed by atoms with Gasteiger partial charge >= 0.3 is 0 Å². The Hall–Kier alpha value is -2.16. The van der Waals surface area contributed by atoms with Gasteiger partial charge in [-0.05, 0) is 31.2 Å². The molecule has 0 aliphatic heterocycles. The van der Waals surface area contributed by atoms with Crippen LogP contribution in [0.1, 0.15) is 21.6 Å². The van der Waals surface area contributed by atoms with Crippen LogP contribution in [0.2, 0.25) is 0 Å². The molecule has 0 saturated heterocycles. The first-order valence-corrected chi connectivity index (χ1v) is 5.89. The number of hydrogen-bond donors (Lipinski definition) is 0. The van der Waals surface area contributed by atoms with Gasteiger partial charge in [0, 0.05) is 18.8 Å². The second-order valence-electron chi connectivity index (χ2n) is 4.35. The second kappa shape index (κ2) is 5.45. The summed E-state index contributed by atoms with van der Waals surface area (Å²) < 4.78 is 0. The Labute approximate surface area is 107 Å². The smallest absolute Gasteiger partial charge is 0.253 e. The van der Waals surface area contributed by atoms with E-state index >= 15 is 0 Å². The van der Waals surface area contributed by atoms with Crippen LogP contribution in [0.3, 0.4) is 0 Å². The van der Waals surface area contributed by atoms with Crippen molar-refractivity contribution in [3.05, 3.63) is 65.5 Å². The molecule has 3 nitrogen and oxygen atoms in total. The Bertz CT molecular complexity index is 520. The first-order valence-electron chi connectivity index (χ1n) is 5.89. The highest BCUT2D eigenvalue weighted by atomic mass is 16.2. The fraction of sp³-hybridized carbons (Fsp3) is 0.200. The topological polar surface area (TPSA) is 33.2 Å². The molecule has 18 heavy (non-hydrogen) atoms. The standard InChI is InChI=1S/C15H16N2O/c1-12-6-8-13(9-7-12)15(18)17(2)11-14-5-3-4-10-16-14/h3-10H,11H2,1-2H3. The minimum atomic E-state index is 0.0145. The predicted octanol–water partition coefficient (Wildman–Crippen LogP) is 2.66. The van der Waals surface area contributed by atoms with Gasteiger partial charge in [0.05, 0.1) is 12.2 Å². The number of benzene rings is 1. The van der Waals surface area contributed by atoms with Crippen LogP contribution in [0.25, 0.3) is 0 Å². The van der Waals surface area contributed by atoms with E-state index in [0.29, 0.717) is 12.1 Å². The quantitative estimate of drug-likeness (QED) is 0.826. The van der Waals surface area contributed by atoms with E-state index in [0.717, 1.165) is 11.3 Å². The number of rotatable bonds is 3. The van der Waals surface area contributed by atoms with Crippen molar-refractivity contribution in [2.24, 2.45) is 0 Å². The summed E-state index contributed by atoms with van der Waals surface area (Å²) in [6, 6.07) is 13.3. The van der Waals surface area contributed by atoms with Crippen LogP contribution >= 0.6 is 0 Å². The van der Waals surface area contributed by atoms with Gasteiger partial charge in [-0.15, -0.1) is 0 Å². The van der Waals surface area contributed by atoms with Gasteiger partial charge in [0.15, 0.2) is 0 Å². The molecule has 0 bridgehead atoms. The summed E-state index contributed by atoms with van der Waals surface area (Å²) >= 11 is 0. The summed E-state index contributed by atoms with van der Waals surface area (Å²) in [5.74, 6) is 0.0145. The van der Waals surface area contributed by atoms with E-state index in [1.807, 2.05) is 49.4 Å². The van der Waals surface area contributed by atoms with Gasteiger partial charge in [-0.2, -0.15) is 0 Å². The van der Waals surface area contributed by atoms with Gasteiger partial charge in [-0.3, -0.25) is 9.78 Å². The zero-order valence-electron chi connectivity index (χ0n) is 10.6. The number of aromatic nitrogens is 1. The third-order valence-corrected chi connectivity index (χ3v) is 2.77. The van der Waals surface area contributed by atoms with Crippen molar-refractivity contribution in [2.45, 2.75) is 13.5 Å². The highest BCUT2D eigenvalue weighted by molar-refractivity contribution is 5.94. The highest BCUT2D eigenvalue weighted by Crippen LogP contribution is 2.08. The molecule has 1 aromatic carbocycles. The summed E-state index contributed by atoms with van der Waals surface area (Å²) in [7, 11) is 1.79. The Morgan fingerprint density at radius 2 is 1.89 bits per heavy atom. The normalized spacial score (nSPS) is 10.1. The molecule has 0 fully saturated rings. The average molecular weight is 240 g/mol. The maximum Gasteiger partial charge on any atom is 0.253 e. The maximum absolute atomic E-state index is 12.2. The summed E-state index contributed by atoms with van der Waals surface area (Å²) in [5.41, 5.74) is 2.75. The molecule has 92 valence electrons. The van der Waals surface area contributed by atoms with Gasteiger partial charge in [0.1, 0.15) is 0 Å². The molecule has 0 aliphatic carbocycles. The monoisotopic (exact) mass is 240 g/mol. The Morgan fingerprint density at radius 3 is 2.50 bits per heavy atom. The van der Waals surface area contributed by atoms with Crippen LogP contribution in [-0.4, -0.2) is 22.8 Å². The van der Waals surface area contributed by atoms with E-state index in [-0.39, 0.29) is 5.91 Å². The molecule has 0 saturated carbocycles. The fourth-order valence-corrected chi connectivity index (χ4v) is 1.72. The molecule has 0 atom stereocenters. The Morgan fingerprint density at radius 1 is 1.17 bits per heavy atom. The van der Waals surface area contributed by atoms with E-state index in [1.54, 1.807) is 18.1 Å². The van der Waals surface area contributed by atoms with E-state index in [2.05, 4.69) is 4.98 Å². The van der Waals surface area contributed by atoms with E-state index < -0.39 is 0 Å². The number of aryl methyl sites for hydroxylation is 1. The predicted molar refractivity (Wildman–Crippen MR) is 71.2 cm³/mol. The van der Waals surface area contributed by atoms with E-state index in [9.17, 15) is 4.79 Å². The molecule has 1 heterocycles. The largest absolute Gasteiger partial charge is 0.336 e. The lowest BCUT2D eigenvalue weighted by atomic mass is 10.1. The first kappa shape index (κ1) is 12.3. The van der Waals surface area contributed by atoms with E-state index in [1.165, 1.54) is 0 Å². The van der Waals surface area contributed by atoms with Crippen molar-refractivity contribution in [3.8, 4) is 0 Å². The molecule has 3 heteroatoms. The van der Waals surface area contributed by atoms with E-state index in [4.69, 9.17) is 0 Å². The number of carbonyl (C=O) groups excluding carboxylic acids is 1. The minimum absolute atomic E-state index is 0.0145. The van der Waals surface area contributed by atoms with Crippen LogP contribution in [-0.2, 0) is 6.54 Å². The zero-order valence-corrected chi connectivity index (χ0v) is 10.6. The molecular weight excluding hydrogens is 224 g/mol. The zero-order chi connectivity index (χ0) is 13.0. The van der Waals surface area contributed by atoms with Crippen molar-refractivity contribution in [1.82, 2.24) is 9.88 Å². The summed E-state index contributed by atoms with van der Waals surface area (Å²) in [6.45, 7) is 2.53. The van der Waals surface area contributed by atoms with Gasteiger partial charge in [0.25, 0.3) is 5.91 Å². The number of pyridine rings is 1. The van der Waals surface area contributed by atoms with Crippen LogP contribution in [0, 0.1) is 6.92 Å². The third kappa shape index (κ3) is 2.94. The molecule has 2 rings (SSSR count). The van der Waals surface area contributed by atoms with Crippen LogP contribution in [0.15, 0.2) is 48.7 Å². The number of nitrogens with zero attached hydrogens (tertiary/aromatic N) is 2. The van der Waals surface area contributed by atoms with Crippen molar-refractivity contribution in [2.75, 3.05) is 7.05 Å². The number of hydrogen-bond acceptors (Lipinski definition) is 2. The van der Waals surface area contributed by atoms with Crippen molar-refractivity contribution >= 4 is 5.91 Å². The van der Waals surface area contributed by atoms with Gasteiger partial charge in [-0.1, -0.05) is 23.8 Å². The molecule has 0 N–H and O–H groups in total. The molecule has 1 amide bonds. The molecule has 1 aromatic heterocycles. The minimum Gasteiger partial charge on any atom is -0.336 e. The Balaban J connectivity index is 2.07. The van der Waals surface area contributed by atoms with Crippen LogP contribution in [0.5, 0.6) is 0 Å². The van der Waals surface area contributed by atoms with Crippen molar-refractivity contribution in [3.63, 3.8) is 0 Å². The lowest BCUT2D eigenvalue weighted by Gasteiger charge is -2.16. The van der Waals surface area contributed by atoms with Gasteiger partial charge in [-0.25, -0.2) is 0 Å². The molecule has 0 radical (unpaired) electrons. The maximum atomic E-state index is 12.2. The fourth-order valence-electron chi connectivity index (χ4n) is 1.72. The van der Waals surface area contributed by atoms with Gasteiger partial charge in [0.2, 0.25) is 0 Å². The number of amides is 1. The lowest BCUT2D eigenvalue weighted by molar-refractivity contribution is 0.0783. The first-order chi connectivity index (χ1) is 8.66. The lowest BCUT2D eigenvalue weighted by Crippen LogP contribution is -2.26. The summed E-state index contributed by atoms with van der Waals surface area (Å²) in [4.78, 5) is 18.0.